The fraction of sp³-hybridized carbons (Fsp3) is 0.562. The van der Waals surface area contributed by atoms with Gasteiger partial charge in [0.25, 0.3) is 0 Å². The van der Waals surface area contributed by atoms with Crippen LogP contribution in [0.25, 0.3) is 0 Å². The smallest absolute Gasteiger partial charge is 0.227 e. The van der Waals surface area contributed by atoms with E-state index >= 15 is 0 Å². The molecule has 0 spiro atoms. The summed E-state index contributed by atoms with van der Waals surface area (Å²) in [5, 5.41) is 2.96. The maximum absolute atomic E-state index is 12.3. The van der Waals surface area contributed by atoms with Crippen molar-refractivity contribution < 1.29 is 4.79 Å². The first-order valence-corrected chi connectivity index (χ1v) is 7.55. The van der Waals surface area contributed by atoms with E-state index in [0.717, 1.165) is 42.9 Å². The molecule has 1 aliphatic rings. The zero-order valence-corrected chi connectivity index (χ0v) is 12.4. The first-order valence-electron chi connectivity index (χ1n) is 7.11. The molecular weight excluding hydrogens is 258 g/mol. The van der Waals surface area contributed by atoms with Crippen LogP contribution in [0.3, 0.4) is 0 Å². The molecule has 104 valence electrons. The summed E-state index contributed by atoms with van der Waals surface area (Å²) >= 11 is 6.15. The standard InChI is InChI=1S/C16H22ClNO/c1-11-7-9-13(10-8-11)16(19)18-15-6-4-3-5-14(15)12(2)17/h3-6,11-13H,7-10H2,1-2H3,(H,18,19). The zero-order chi connectivity index (χ0) is 13.8. The van der Waals surface area contributed by atoms with Crippen LogP contribution in [0.5, 0.6) is 0 Å². The minimum atomic E-state index is -0.0946. The van der Waals surface area contributed by atoms with E-state index in [1.54, 1.807) is 0 Å². The number of carbonyl (C=O) groups excluding carboxylic acids is 1. The van der Waals surface area contributed by atoms with E-state index in [9.17, 15) is 4.79 Å². The Morgan fingerprint density at radius 2 is 1.89 bits per heavy atom. The van der Waals surface area contributed by atoms with Gasteiger partial charge in [0.1, 0.15) is 0 Å². The fourth-order valence-electron chi connectivity index (χ4n) is 2.71. The van der Waals surface area contributed by atoms with Gasteiger partial charge >= 0.3 is 0 Å². The lowest BCUT2D eigenvalue weighted by molar-refractivity contribution is -0.121. The summed E-state index contributed by atoms with van der Waals surface area (Å²) < 4.78 is 0. The summed E-state index contributed by atoms with van der Waals surface area (Å²) in [5.41, 5.74) is 1.84. The van der Waals surface area contributed by atoms with Crippen molar-refractivity contribution in [2.75, 3.05) is 5.32 Å². The third-order valence-electron chi connectivity index (χ3n) is 4.03. The topological polar surface area (TPSA) is 29.1 Å². The first-order chi connectivity index (χ1) is 9.08. The number of halogens is 1. The number of amides is 1. The van der Waals surface area contributed by atoms with Gasteiger partial charge in [-0.3, -0.25) is 4.79 Å². The van der Waals surface area contributed by atoms with E-state index in [2.05, 4.69) is 12.2 Å². The molecule has 3 heteroatoms. The van der Waals surface area contributed by atoms with Crippen LogP contribution >= 0.6 is 11.6 Å². The molecule has 0 saturated heterocycles. The van der Waals surface area contributed by atoms with Crippen LogP contribution in [-0.4, -0.2) is 5.91 Å². The fourth-order valence-corrected chi connectivity index (χ4v) is 2.91. The summed E-state index contributed by atoms with van der Waals surface area (Å²) in [6.07, 6.45) is 4.33. The van der Waals surface area contributed by atoms with Gasteiger partial charge in [-0.05, 0) is 50.2 Å². The molecule has 1 aromatic rings. The number of nitrogens with one attached hydrogen (secondary N) is 1. The first kappa shape index (κ1) is 14.4. The molecule has 0 aromatic heterocycles. The molecule has 1 atom stereocenters. The number of para-hydroxylation sites is 1. The maximum Gasteiger partial charge on any atom is 0.227 e. The number of hydrogen-bond acceptors (Lipinski definition) is 1. The second kappa shape index (κ2) is 6.42. The van der Waals surface area contributed by atoms with Crippen molar-refractivity contribution in [1.82, 2.24) is 0 Å². The van der Waals surface area contributed by atoms with Gasteiger partial charge in [0, 0.05) is 11.6 Å². The third-order valence-corrected chi connectivity index (χ3v) is 4.27. The van der Waals surface area contributed by atoms with E-state index in [1.165, 1.54) is 0 Å². The van der Waals surface area contributed by atoms with Crippen LogP contribution in [0.15, 0.2) is 24.3 Å². The van der Waals surface area contributed by atoms with Gasteiger partial charge in [0.2, 0.25) is 5.91 Å². The largest absolute Gasteiger partial charge is 0.326 e. The predicted octanol–water partition coefficient (Wildman–Crippen LogP) is 4.75. The lowest BCUT2D eigenvalue weighted by atomic mass is 9.82. The molecule has 19 heavy (non-hydrogen) atoms. The van der Waals surface area contributed by atoms with Crippen LogP contribution in [0, 0.1) is 11.8 Å². The Balaban J connectivity index is 2.03. The van der Waals surface area contributed by atoms with Crippen molar-refractivity contribution in [2.24, 2.45) is 11.8 Å². The molecule has 1 fully saturated rings. The van der Waals surface area contributed by atoms with Crippen LogP contribution in [-0.2, 0) is 4.79 Å². The zero-order valence-electron chi connectivity index (χ0n) is 11.7. The van der Waals surface area contributed by atoms with Gasteiger partial charge in [0.15, 0.2) is 0 Å². The number of carbonyl (C=O) groups is 1. The third kappa shape index (κ3) is 3.73. The second-order valence-electron chi connectivity index (χ2n) is 5.65. The van der Waals surface area contributed by atoms with Gasteiger partial charge in [-0.1, -0.05) is 25.1 Å². The highest BCUT2D eigenvalue weighted by Crippen LogP contribution is 2.31. The molecule has 0 heterocycles. The number of anilines is 1. The van der Waals surface area contributed by atoms with E-state index in [0.29, 0.717) is 0 Å². The molecule has 1 unspecified atom stereocenters. The molecular formula is C16H22ClNO. The number of alkyl halides is 1. The molecule has 0 aliphatic heterocycles. The lowest BCUT2D eigenvalue weighted by Gasteiger charge is -2.25. The number of rotatable bonds is 3. The van der Waals surface area contributed by atoms with E-state index in [-0.39, 0.29) is 17.2 Å². The molecule has 1 N–H and O–H groups in total. The lowest BCUT2D eigenvalue weighted by Crippen LogP contribution is -2.27. The molecule has 1 amide bonds. The number of hydrogen-bond donors (Lipinski definition) is 1. The van der Waals surface area contributed by atoms with Crippen LogP contribution in [0.4, 0.5) is 5.69 Å². The summed E-state index contributed by atoms with van der Waals surface area (Å²) in [6.45, 7) is 4.19. The summed E-state index contributed by atoms with van der Waals surface area (Å²) in [6, 6.07) is 7.78. The van der Waals surface area contributed by atoms with Crippen molar-refractivity contribution in [1.29, 1.82) is 0 Å². The second-order valence-corrected chi connectivity index (χ2v) is 6.30. The average molecular weight is 280 g/mol. The monoisotopic (exact) mass is 279 g/mol. The van der Waals surface area contributed by atoms with Gasteiger partial charge in [-0.15, -0.1) is 11.6 Å². The molecule has 0 radical (unpaired) electrons. The Hall–Kier alpha value is -1.02. The predicted molar refractivity (Wildman–Crippen MR) is 80.5 cm³/mol. The quantitative estimate of drug-likeness (QED) is 0.795. The molecule has 2 rings (SSSR count). The SMILES string of the molecule is CC1CCC(C(=O)Nc2ccccc2C(C)Cl)CC1. The van der Waals surface area contributed by atoms with Gasteiger partial charge in [0.05, 0.1) is 5.38 Å². The summed E-state index contributed by atoms with van der Waals surface area (Å²) in [4.78, 5) is 12.3. The Morgan fingerprint density at radius 3 is 2.53 bits per heavy atom. The highest BCUT2D eigenvalue weighted by molar-refractivity contribution is 6.21. The van der Waals surface area contributed by atoms with Crippen LogP contribution in [0.1, 0.15) is 50.5 Å². The molecule has 1 aromatic carbocycles. The highest BCUT2D eigenvalue weighted by atomic mass is 35.5. The van der Waals surface area contributed by atoms with Crippen molar-refractivity contribution in [3.8, 4) is 0 Å². The normalized spacial score (nSPS) is 24.8. The highest BCUT2D eigenvalue weighted by Gasteiger charge is 2.24. The van der Waals surface area contributed by atoms with Gasteiger partial charge in [-0.2, -0.15) is 0 Å². The van der Waals surface area contributed by atoms with Crippen LogP contribution < -0.4 is 5.32 Å². The van der Waals surface area contributed by atoms with Crippen molar-refractivity contribution in [3.63, 3.8) is 0 Å². The minimum Gasteiger partial charge on any atom is -0.326 e. The summed E-state index contributed by atoms with van der Waals surface area (Å²) in [5.74, 6) is 1.07. The van der Waals surface area contributed by atoms with Gasteiger partial charge < -0.3 is 5.32 Å². The Morgan fingerprint density at radius 1 is 1.26 bits per heavy atom. The van der Waals surface area contributed by atoms with Gasteiger partial charge in [-0.25, -0.2) is 0 Å². The molecule has 0 bridgehead atoms. The van der Waals surface area contributed by atoms with Crippen molar-refractivity contribution >= 4 is 23.2 Å². The van der Waals surface area contributed by atoms with E-state index < -0.39 is 0 Å². The van der Waals surface area contributed by atoms with Crippen molar-refractivity contribution in [2.45, 2.75) is 44.9 Å². The molecule has 1 saturated carbocycles. The van der Waals surface area contributed by atoms with E-state index in [1.807, 2.05) is 31.2 Å². The average Bonchev–Trinajstić information content (AvgIpc) is 2.39. The van der Waals surface area contributed by atoms with Crippen molar-refractivity contribution in [3.05, 3.63) is 29.8 Å². The van der Waals surface area contributed by atoms with Crippen LogP contribution in [0.2, 0.25) is 0 Å². The van der Waals surface area contributed by atoms with E-state index in [4.69, 9.17) is 11.6 Å². The summed E-state index contributed by atoms with van der Waals surface area (Å²) in [7, 11) is 0. The maximum atomic E-state index is 12.3. The number of benzene rings is 1. The molecule has 2 nitrogen and oxygen atoms in total. The Kier molecular flexibility index (Phi) is 4.87. The Labute approximate surface area is 120 Å². The minimum absolute atomic E-state index is 0.0946. The molecule has 1 aliphatic carbocycles. The Bertz CT molecular complexity index is 436.